The highest BCUT2D eigenvalue weighted by atomic mass is 127. The molecule has 0 bridgehead atoms. The molecule has 1 heterocycles. The Bertz CT molecular complexity index is 804. The maximum Gasteiger partial charge on any atom is 0.251 e. The minimum atomic E-state index is -3.40. The van der Waals surface area contributed by atoms with Crippen LogP contribution in [0.25, 0.3) is 0 Å². The zero-order valence-electron chi connectivity index (χ0n) is 18.7. The Kier molecular flexibility index (Phi) is 11.1. The van der Waals surface area contributed by atoms with Gasteiger partial charge in [-0.25, -0.2) is 17.2 Å². The summed E-state index contributed by atoms with van der Waals surface area (Å²) in [5.74, 6) is 0.482. The zero-order valence-corrected chi connectivity index (χ0v) is 21.8. The van der Waals surface area contributed by atoms with E-state index in [1.54, 1.807) is 24.1 Å². The van der Waals surface area contributed by atoms with E-state index in [9.17, 15) is 17.2 Å². The molecule has 31 heavy (non-hydrogen) atoms. The maximum absolute atomic E-state index is 12.6. The molecule has 0 aromatic heterocycles. The van der Waals surface area contributed by atoms with E-state index in [4.69, 9.17) is 0 Å². The number of sulfone groups is 1. The van der Waals surface area contributed by atoms with E-state index in [0.717, 1.165) is 18.4 Å². The fraction of sp³-hybridized carbons (Fsp3) is 0.667. The summed E-state index contributed by atoms with van der Waals surface area (Å²) in [6, 6.07) is 7.18. The van der Waals surface area contributed by atoms with E-state index in [1.165, 1.54) is 0 Å². The predicted octanol–water partition coefficient (Wildman–Crippen LogP) is 3.27. The van der Waals surface area contributed by atoms with Gasteiger partial charge in [0.2, 0.25) is 0 Å². The van der Waals surface area contributed by atoms with Gasteiger partial charge < -0.3 is 10.6 Å². The van der Waals surface area contributed by atoms with Crippen LogP contribution in [0.4, 0.5) is 8.78 Å². The van der Waals surface area contributed by atoms with E-state index in [2.05, 4.69) is 36.4 Å². The number of benzene rings is 1. The number of halogens is 3. The van der Waals surface area contributed by atoms with Gasteiger partial charge >= 0.3 is 0 Å². The zero-order chi connectivity index (χ0) is 22.4. The second-order valence-electron chi connectivity index (χ2n) is 8.70. The Labute approximate surface area is 202 Å². The van der Waals surface area contributed by atoms with E-state index >= 15 is 0 Å². The predicted molar refractivity (Wildman–Crippen MR) is 133 cm³/mol. The summed E-state index contributed by atoms with van der Waals surface area (Å²) in [4.78, 5) is 6.22. The van der Waals surface area contributed by atoms with Crippen molar-refractivity contribution in [3.05, 3.63) is 29.8 Å². The first-order chi connectivity index (χ1) is 14.0. The molecular weight excluding hydrogens is 537 g/mol. The lowest BCUT2D eigenvalue weighted by molar-refractivity contribution is 0.0744. The third-order valence-corrected chi connectivity index (χ3v) is 7.02. The van der Waals surface area contributed by atoms with Gasteiger partial charge in [-0.3, -0.25) is 9.89 Å². The van der Waals surface area contributed by atoms with E-state index in [-0.39, 0.29) is 54.3 Å². The van der Waals surface area contributed by atoms with Gasteiger partial charge in [0.05, 0.1) is 17.2 Å². The van der Waals surface area contributed by atoms with Gasteiger partial charge in [-0.2, -0.15) is 0 Å². The Hall–Kier alpha value is -1.01. The van der Waals surface area contributed by atoms with Crippen LogP contribution in [-0.4, -0.2) is 70.7 Å². The molecule has 0 amide bonds. The van der Waals surface area contributed by atoms with Gasteiger partial charge in [0.25, 0.3) is 6.43 Å². The lowest BCUT2D eigenvalue weighted by Crippen LogP contribution is -2.49. The molecule has 10 heteroatoms. The number of nitrogens with one attached hydrogen (secondary N) is 2. The molecule has 2 rings (SSSR count). The molecule has 0 spiro atoms. The lowest BCUT2D eigenvalue weighted by Gasteiger charge is -2.32. The van der Waals surface area contributed by atoms with Crippen LogP contribution in [-0.2, 0) is 15.3 Å². The van der Waals surface area contributed by atoms with E-state index in [1.807, 2.05) is 12.1 Å². The molecule has 0 atom stereocenters. The van der Waals surface area contributed by atoms with Crippen LogP contribution in [0.15, 0.2) is 34.2 Å². The fourth-order valence-electron chi connectivity index (χ4n) is 3.43. The Morgan fingerprint density at radius 1 is 1.19 bits per heavy atom. The smallest absolute Gasteiger partial charge is 0.251 e. The Morgan fingerprint density at radius 2 is 1.77 bits per heavy atom. The molecule has 1 aromatic rings. The summed E-state index contributed by atoms with van der Waals surface area (Å²) in [6.07, 6.45) is -0.826. The highest BCUT2D eigenvalue weighted by Gasteiger charge is 2.22. The van der Waals surface area contributed by atoms with Gasteiger partial charge in [0.15, 0.2) is 15.8 Å². The molecule has 0 aliphatic carbocycles. The van der Waals surface area contributed by atoms with Crippen molar-refractivity contribution in [2.24, 2.45) is 4.99 Å². The van der Waals surface area contributed by atoms with Crippen LogP contribution in [0.3, 0.4) is 0 Å². The first kappa shape index (κ1) is 28.0. The van der Waals surface area contributed by atoms with Crippen molar-refractivity contribution in [1.82, 2.24) is 15.5 Å². The third-order valence-electron chi connectivity index (χ3n) is 5.29. The molecule has 0 saturated carbocycles. The molecule has 0 radical (unpaired) electrons. The second-order valence-corrected chi connectivity index (χ2v) is 10.8. The van der Waals surface area contributed by atoms with Crippen LogP contribution >= 0.6 is 24.0 Å². The van der Waals surface area contributed by atoms with Crippen LogP contribution in [0.1, 0.15) is 39.2 Å². The number of nitrogens with zero attached hydrogens (tertiary/aromatic N) is 2. The molecule has 1 aliphatic rings. The number of piperidine rings is 1. The molecule has 1 aromatic carbocycles. The first-order valence-corrected chi connectivity index (χ1v) is 12.0. The fourth-order valence-corrected chi connectivity index (χ4v) is 4.58. The highest BCUT2D eigenvalue weighted by Crippen LogP contribution is 2.23. The van der Waals surface area contributed by atoms with Crippen molar-refractivity contribution in [3.63, 3.8) is 0 Å². The average molecular weight is 573 g/mol. The van der Waals surface area contributed by atoms with E-state index in [0.29, 0.717) is 23.9 Å². The largest absolute Gasteiger partial charge is 0.355 e. The van der Waals surface area contributed by atoms with Crippen molar-refractivity contribution >= 4 is 39.8 Å². The summed E-state index contributed by atoms with van der Waals surface area (Å²) >= 11 is 0. The molecule has 6 nitrogen and oxygen atoms in total. The maximum atomic E-state index is 12.6. The summed E-state index contributed by atoms with van der Waals surface area (Å²) < 4.78 is 50.2. The molecular formula is C21H35F2IN4O2S. The number of guanidine groups is 1. The molecule has 0 unspecified atom stereocenters. The summed E-state index contributed by atoms with van der Waals surface area (Å²) in [6.45, 7) is 7.52. The molecule has 178 valence electrons. The average Bonchev–Trinajstić information content (AvgIpc) is 2.67. The quantitative estimate of drug-likeness (QED) is 0.298. The topological polar surface area (TPSA) is 73.8 Å². The number of rotatable bonds is 7. The van der Waals surface area contributed by atoms with Gasteiger partial charge in [0, 0.05) is 32.7 Å². The van der Waals surface area contributed by atoms with Crippen molar-refractivity contribution < 1.29 is 17.2 Å². The molecule has 2 N–H and O–H groups in total. The minimum Gasteiger partial charge on any atom is -0.355 e. The van der Waals surface area contributed by atoms with Crippen LogP contribution < -0.4 is 10.6 Å². The molecule has 1 aliphatic heterocycles. The number of hydrogen-bond donors (Lipinski definition) is 2. The minimum absolute atomic E-state index is 0. The highest BCUT2D eigenvalue weighted by molar-refractivity contribution is 14.0. The normalized spacial score (nSPS) is 16.8. The van der Waals surface area contributed by atoms with Crippen molar-refractivity contribution in [1.29, 1.82) is 0 Å². The van der Waals surface area contributed by atoms with Gasteiger partial charge in [-0.15, -0.1) is 24.0 Å². The van der Waals surface area contributed by atoms with Crippen LogP contribution in [0.2, 0.25) is 0 Å². The molecule has 1 saturated heterocycles. The monoisotopic (exact) mass is 572 g/mol. The lowest BCUT2D eigenvalue weighted by atomic mass is 9.87. The number of hydrogen-bond acceptors (Lipinski definition) is 4. The van der Waals surface area contributed by atoms with Crippen molar-refractivity contribution in [2.75, 3.05) is 39.0 Å². The van der Waals surface area contributed by atoms with Crippen LogP contribution in [0, 0.1) is 0 Å². The van der Waals surface area contributed by atoms with Crippen LogP contribution in [0.5, 0.6) is 0 Å². The second kappa shape index (κ2) is 12.3. The van der Waals surface area contributed by atoms with Gasteiger partial charge in [-0.1, -0.05) is 32.9 Å². The number of alkyl halides is 2. The van der Waals surface area contributed by atoms with Gasteiger partial charge in [-0.05, 0) is 36.0 Å². The Morgan fingerprint density at radius 3 is 2.26 bits per heavy atom. The SMILES string of the molecule is CN=C(NCCS(=O)(=O)c1ccc(C(C)(C)C)cc1)NC1CCN(CC(F)F)CC1.I. The van der Waals surface area contributed by atoms with E-state index < -0.39 is 16.3 Å². The number of aliphatic imine (C=N–C) groups is 1. The third kappa shape index (κ3) is 9.17. The standard InChI is InChI=1S/C21H34F2N4O2S.HI/c1-21(2,3)16-5-7-18(8-6-16)30(28,29)14-11-25-20(24-4)26-17-9-12-27(13-10-17)15-19(22)23;/h5-8,17,19H,9-15H2,1-4H3,(H2,24,25,26);1H. The molecule has 1 fully saturated rings. The van der Waals surface area contributed by atoms with Crippen molar-refractivity contribution in [2.45, 2.75) is 56.4 Å². The Balaban J connectivity index is 0.00000480. The summed E-state index contributed by atoms with van der Waals surface area (Å²) in [5, 5.41) is 6.31. The first-order valence-electron chi connectivity index (χ1n) is 10.3. The summed E-state index contributed by atoms with van der Waals surface area (Å²) in [7, 11) is -1.78. The van der Waals surface area contributed by atoms with Gasteiger partial charge in [0.1, 0.15) is 0 Å². The summed E-state index contributed by atoms with van der Waals surface area (Å²) in [5.41, 5.74) is 1.06. The number of likely N-dealkylation sites (tertiary alicyclic amines) is 1. The van der Waals surface area contributed by atoms with Crippen molar-refractivity contribution in [3.8, 4) is 0 Å².